The number of allylic oxidation sites excluding steroid dienone is 3. The van der Waals surface area contributed by atoms with Gasteiger partial charge in [-0.15, -0.1) is 0 Å². The van der Waals surface area contributed by atoms with E-state index in [-0.39, 0.29) is 17.1 Å². The van der Waals surface area contributed by atoms with Crippen molar-refractivity contribution in [1.29, 1.82) is 5.26 Å². The summed E-state index contributed by atoms with van der Waals surface area (Å²) in [7, 11) is 0. The van der Waals surface area contributed by atoms with Crippen LogP contribution in [0.5, 0.6) is 0 Å². The molecule has 0 aliphatic carbocycles. The van der Waals surface area contributed by atoms with E-state index in [1.165, 1.54) is 6.08 Å². The van der Waals surface area contributed by atoms with E-state index in [9.17, 15) is 4.79 Å². The Bertz CT molecular complexity index is 765. The molecule has 0 aliphatic heterocycles. The summed E-state index contributed by atoms with van der Waals surface area (Å²) in [5.41, 5.74) is 0.626. The molecule has 0 radical (unpaired) electrons. The molecule has 0 atom stereocenters. The van der Waals surface area contributed by atoms with Crippen LogP contribution >= 0.6 is 0 Å². The number of nitrogens with zero attached hydrogens (tertiary/aromatic N) is 3. The average Bonchev–Trinajstić information content (AvgIpc) is 2.57. The van der Waals surface area contributed by atoms with Crippen LogP contribution in [-0.2, 0) is 0 Å². The Morgan fingerprint density at radius 1 is 1.10 bits per heavy atom. The fourth-order valence-electron chi connectivity index (χ4n) is 1.78. The molecule has 2 rings (SSSR count). The van der Waals surface area contributed by atoms with E-state index >= 15 is 0 Å². The first-order chi connectivity index (χ1) is 10.3. The lowest BCUT2D eigenvalue weighted by atomic mass is 10.1. The van der Waals surface area contributed by atoms with E-state index < -0.39 is 0 Å². The van der Waals surface area contributed by atoms with Crippen molar-refractivity contribution in [3.8, 4) is 6.07 Å². The van der Waals surface area contributed by atoms with Gasteiger partial charge < -0.3 is 5.41 Å². The fourth-order valence-corrected chi connectivity index (χ4v) is 1.78. The van der Waals surface area contributed by atoms with Crippen molar-refractivity contribution < 1.29 is 9.36 Å². The minimum absolute atomic E-state index is 0.120. The maximum absolute atomic E-state index is 12.6. The molecule has 1 aromatic heterocycles. The molecule has 21 heavy (non-hydrogen) atoms. The lowest BCUT2D eigenvalue weighted by Gasteiger charge is -2.01. The van der Waals surface area contributed by atoms with Gasteiger partial charge in [0, 0.05) is 23.8 Å². The maximum atomic E-state index is 12.6. The minimum Gasteiger partial charge on any atom is -0.762 e. The smallest absolute Gasteiger partial charge is 0.260 e. The number of carbonyl (C=O) groups excluding carboxylic acids is 1. The number of pyridine rings is 1. The summed E-state index contributed by atoms with van der Waals surface area (Å²) >= 11 is 0. The monoisotopic (exact) mass is 273 g/mol. The molecular weight excluding hydrogens is 262 g/mol. The molecule has 100 valence electrons. The number of nitriles is 1. The summed E-state index contributed by atoms with van der Waals surface area (Å²) in [6, 6.07) is 15.9. The zero-order chi connectivity index (χ0) is 15.1. The molecule has 0 saturated carbocycles. The van der Waals surface area contributed by atoms with Crippen LogP contribution in [-0.4, -0.2) is 11.7 Å². The second-order valence-electron chi connectivity index (χ2n) is 4.14. The first kappa shape index (κ1) is 14.1. The summed E-state index contributed by atoms with van der Waals surface area (Å²) < 4.78 is 1.59. The maximum Gasteiger partial charge on any atom is 0.260 e. The van der Waals surface area contributed by atoms with Gasteiger partial charge in [-0.3, -0.25) is 10.7 Å². The minimum atomic E-state index is -0.255. The molecule has 0 bridgehead atoms. The van der Waals surface area contributed by atoms with Gasteiger partial charge in [-0.05, 0) is 0 Å². The second kappa shape index (κ2) is 6.76. The van der Waals surface area contributed by atoms with E-state index in [0.29, 0.717) is 5.56 Å². The van der Waals surface area contributed by atoms with Crippen LogP contribution in [0.15, 0.2) is 72.6 Å². The highest BCUT2D eigenvalue weighted by Gasteiger charge is 2.21. The van der Waals surface area contributed by atoms with Crippen molar-refractivity contribution in [3.05, 3.63) is 83.5 Å². The molecule has 2 aromatic rings. The van der Waals surface area contributed by atoms with Crippen molar-refractivity contribution in [2.24, 2.45) is 0 Å². The van der Waals surface area contributed by atoms with Gasteiger partial charge in [0.25, 0.3) is 11.5 Å². The van der Waals surface area contributed by atoms with E-state index in [4.69, 9.17) is 10.7 Å². The van der Waals surface area contributed by atoms with Crippen LogP contribution in [0.1, 0.15) is 10.4 Å². The van der Waals surface area contributed by atoms with Crippen molar-refractivity contribution in [3.63, 3.8) is 0 Å². The number of rotatable bonds is 4. The molecule has 0 saturated heterocycles. The van der Waals surface area contributed by atoms with E-state index in [2.05, 4.69) is 0 Å². The second-order valence-corrected chi connectivity index (χ2v) is 4.14. The van der Waals surface area contributed by atoms with Gasteiger partial charge >= 0.3 is 0 Å². The fraction of sp³-hybridized carbons (Fsp3) is 0. The van der Waals surface area contributed by atoms with Gasteiger partial charge in [-0.1, -0.05) is 36.4 Å². The zero-order valence-electron chi connectivity index (χ0n) is 11.1. The van der Waals surface area contributed by atoms with E-state index in [1.807, 2.05) is 12.1 Å². The predicted molar refractivity (Wildman–Crippen MR) is 79.2 cm³/mol. The van der Waals surface area contributed by atoms with Crippen LogP contribution in [0.3, 0.4) is 0 Å². The summed E-state index contributed by atoms with van der Waals surface area (Å²) in [5, 5.41) is 17.8. The third-order valence-corrected chi connectivity index (χ3v) is 2.78. The molecule has 4 heteroatoms. The Kier molecular flexibility index (Phi) is 4.55. The molecule has 0 aliphatic rings. The van der Waals surface area contributed by atoms with Crippen LogP contribution in [0.4, 0.5) is 0 Å². The molecule has 1 aromatic carbocycles. The lowest BCUT2D eigenvalue weighted by Crippen LogP contribution is -2.35. The normalized spacial score (nSPS) is 10.3. The van der Waals surface area contributed by atoms with E-state index in [1.54, 1.807) is 65.3 Å². The highest BCUT2D eigenvalue weighted by Crippen LogP contribution is 2.10. The third-order valence-electron chi connectivity index (χ3n) is 2.78. The Morgan fingerprint density at radius 2 is 1.71 bits per heavy atom. The SMILES string of the molecule is N#CC(=C=[N-])/C=C(\C(=O)c1ccccc1)[n+]1ccccc1. The van der Waals surface area contributed by atoms with Gasteiger partial charge in [0.1, 0.15) is 6.07 Å². The number of hydrogen-bond acceptors (Lipinski definition) is 2. The Labute approximate surface area is 122 Å². The molecule has 0 fully saturated rings. The molecule has 0 amide bonds. The Morgan fingerprint density at radius 3 is 2.29 bits per heavy atom. The number of benzene rings is 1. The Balaban J connectivity index is 2.55. The number of hydrogen-bond donors (Lipinski definition) is 0. The average molecular weight is 273 g/mol. The largest absolute Gasteiger partial charge is 0.762 e. The lowest BCUT2D eigenvalue weighted by molar-refractivity contribution is -0.576. The quantitative estimate of drug-likeness (QED) is 0.214. The summed E-state index contributed by atoms with van der Waals surface area (Å²) in [6.07, 6.45) is 4.69. The van der Waals surface area contributed by atoms with Gasteiger partial charge in [-0.25, -0.2) is 0 Å². The predicted octanol–water partition coefficient (Wildman–Crippen LogP) is 2.39. The number of carbonyl (C=O) groups is 1. The summed E-state index contributed by atoms with van der Waals surface area (Å²) in [5.74, 6) is 1.52. The zero-order valence-corrected chi connectivity index (χ0v) is 11.1. The summed E-state index contributed by atoms with van der Waals surface area (Å²) in [4.78, 5) is 12.6. The third kappa shape index (κ3) is 3.38. The molecule has 1 heterocycles. The van der Waals surface area contributed by atoms with E-state index in [0.717, 1.165) is 0 Å². The van der Waals surface area contributed by atoms with Gasteiger partial charge in [0.2, 0.25) is 0 Å². The molecule has 0 unspecified atom stereocenters. The van der Waals surface area contributed by atoms with Crippen LogP contribution in [0.2, 0.25) is 0 Å². The van der Waals surface area contributed by atoms with Gasteiger partial charge in [-0.2, -0.15) is 9.83 Å². The van der Waals surface area contributed by atoms with Crippen LogP contribution < -0.4 is 4.57 Å². The van der Waals surface area contributed by atoms with Crippen LogP contribution in [0.25, 0.3) is 11.1 Å². The highest BCUT2D eigenvalue weighted by atomic mass is 16.1. The standard InChI is InChI=1S/C17H11N3O/c18-12-14(13-19)11-16(20-9-5-2-6-10-20)17(21)15-7-3-1-4-8-15/h1-11H/b16-11+. The number of ketones is 1. The molecule has 0 spiro atoms. The molecule has 4 nitrogen and oxygen atoms in total. The molecule has 0 N–H and O–H groups in total. The highest BCUT2D eigenvalue weighted by molar-refractivity contribution is 6.22. The van der Waals surface area contributed by atoms with Crippen molar-refractivity contribution >= 4 is 17.4 Å². The van der Waals surface area contributed by atoms with Gasteiger partial charge in [0.05, 0.1) is 5.57 Å². The number of Topliss-reactive ketones (excluding diaryl/α,β-unsaturated/α-hetero) is 1. The number of aromatic nitrogens is 1. The molecular formula is C17H11N3O. The van der Waals surface area contributed by atoms with Crippen molar-refractivity contribution in [1.82, 2.24) is 0 Å². The van der Waals surface area contributed by atoms with Crippen LogP contribution in [0, 0.1) is 11.3 Å². The first-order valence-corrected chi connectivity index (χ1v) is 6.21. The van der Waals surface area contributed by atoms with Crippen molar-refractivity contribution in [2.75, 3.05) is 0 Å². The Hall–Kier alpha value is -3.28. The summed E-state index contributed by atoms with van der Waals surface area (Å²) in [6.45, 7) is 0. The first-order valence-electron chi connectivity index (χ1n) is 6.21. The topological polar surface area (TPSA) is 67.0 Å². The van der Waals surface area contributed by atoms with Crippen molar-refractivity contribution in [2.45, 2.75) is 0 Å². The van der Waals surface area contributed by atoms with Gasteiger partial charge in [0.15, 0.2) is 12.4 Å².